The smallest absolute Gasteiger partial charge is 0.132 e. The normalized spacial score (nSPS) is 13.7. The van der Waals surface area contributed by atoms with Gasteiger partial charge in [0, 0.05) is 37.5 Å². The van der Waals surface area contributed by atoms with Crippen LogP contribution in [0.25, 0.3) is 6.08 Å². The topological polar surface area (TPSA) is 80.3 Å². The van der Waals surface area contributed by atoms with Gasteiger partial charge >= 0.3 is 0 Å². The van der Waals surface area contributed by atoms with Crippen molar-refractivity contribution < 1.29 is 0 Å². The first kappa shape index (κ1) is 27.2. The minimum absolute atomic E-state index is 0.355. The predicted octanol–water partition coefficient (Wildman–Crippen LogP) is 4.97. The number of amidine groups is 1. The summed E-state index contributed by atoms with van der Waals surface area (Å²) in [4.78, 5) is 4.68. The number of aromatic nitrogens is 2. The zero-order chi connectivity index (χ0) is 24.4. The number of nitrogens with one attached hydrogen (secondary N) is 2. The molecule has 7 heteroatoms. The Morgan fingerprint density at radius 2 is 1.97 bits per heavy atom. The quantitative estimate of drug-likeness (QED) is 0.219. The minimum Gasteiger partial charge on any atom is -0.337 e. The Morgan fingerprint density at radius 3 is 2.58 bits per heavy atom. The highest BCUT2D eigenvalue weighted by atomic mass is 32.2. The van der Waals surface area contributed by atoms with Gasteiger partial charge in [0.2, 0.25) is 0 Å². The van der Waals surface area contributed by atoms with Gasteiger partial charge < -0.3 is 10.6 Å². The molecule has 182 valence electrons. The highest BCUT2D eigenvalue weighted by molar-refractivity contribution is 7.97. The summed E-state index contributed by atoms with van der Waals surface area (Å²) in [5, 5.41) is 17.6. The number of anilines is 1. The fraction of sp³-hybridized carbons (Fsp3) is 0.538. The number of rotatable bonds is 13. The fourth-order valence-electron chi connectivity index (χ4n) is 4.29. The molecule has 2 aromatic rings. The van der Waals surface area contributed by atoms with Crippen LogP contribution in [-0.4, -0.2) is 40.5 Å². The average Bonchev–Trinajstić information content (AvgIpc) is 3.07. The van der Waals surface area contributed by atoms with Crippen molar-refractivity contribution in [1.29, 1.82) is 0 Å². The summed E-state index contributed by atoms with van der Waals surface area (Å²) in [6.07, 6.45) is 6.84. The van der Waals surface area contributed by atoms with Crippen LogP contribution in [0, 0.1) is 0 Å². The molecule has 2 rings (SSSR count). The molecular formula is C26H42N6S. The summed E-state index contributed by atoms with van der Waals surface area (Å²) < 4.78 is 1.89. The van der Waals surface area contributed by atoms with Crippen LogP contribution >= 0.6 is 11.9 Å². The Morgan fingerprint density at radius 1 is 1.24 bits per heavy atom. The molecule has 4 N–H and O–H groups in total. The maximum atomic E-state index is 5.63. The summed E-state index contributed by atoms with van der Waals surface area (Å²) in [5.41, 5.74) is 6.81. The van der Waals surface area contributed by atoms with Crippen LogP contribution in [0.4, 0.5) is 5.69 Å². The third kappa shape index (κ3) is 7.45. The van der Waals surface area contributed by atoms with Crippen molar-refractivity contribution in [3.63, 3.8) is 0 Å². The Balaban J connectivity index is 2.38. The fourth-order valence-corrected chi connectivity index (χ4v) is 4.67. The van der Waals surface area contributed by atoms with Crippen molar-refractivity contribution in [2.24, 2.45) is 17.2 Å². The summed E-state index contributed by atoms with van der Waals surface area (Å²) in [6, 6.07) is 7.54. The third-order valence-corrected chi connectivity index (χ3v) is 6.41. The molecule has 33 heavy (non-hydrogen) atoms. The second-order valence-electron chi connectivity index (χ2n) is 8.73. The van der Waals surface area contributed by atoms with E-state index in [1.807, 2.05) is 24.9 Å². The summed E-state index contributed by atoms with van der Waals surface area (Å²) in [5.74, 6) is 1.78. The molecule has 0 saturated carbocycles. The van der Waals surface area contributed by atoms with Crippen LogP contribution in [0.3, 0.4) is 0 Å². The van der Waals surface area contributed by atoms with Crippen LogP contribution in [0.1, 0.15) is 68.6 Å². The van der Waals surface area contributed by atoms with E-state index in [9.17, 15) is 0 Å². The van der Waals surface area contributed by atoms with Crippen LogP contribution < -0.4 is 15.8 Å². The highest BCUT2D eigenvalue weighted by Gasteiger charge is 2.18. The maximum Gasteiger partial charge on any atom is 0.132 e. The van der Waals surface area contributed by atoms with Gasteiger partial charge in [0.05, 0.1) is 17.1 Å². The number of nitrogens with two attached hydrogens (primary N) is 1. The lowest BCUT2D eigenvalue weighted by atomic mass is 9.96. The van der Waals surface area contributed by atoms with Crippen molar-refractivity contribution in [1.82, 2.24) is 15.1 Å². The van der Waals surface area contributed by atoms with E-state index in [-0.39, 0.29) is 0 Å². The van der Waals surface area contributed by atoms with Crippen molar-refractivity contribution in [3.8, 4) is 0 Å². The van der Waals surface area contributed by atoms with E-state index in [1.54, 1.807) is 0 Å². The monoisotopic (exact) mass is 470 g/mol. The van der Waals surface area contributed by atoms with Gasteiger partial charge in [-0.2, -0.15) is 5.10 Å². The molecule has 0 amide bonds. The highest BCUT2D eigenvalue weighted by Crippen LogP contribution is 2.25. The summed E-state index contributed by atoms with van der Waals surface area (Å²) >= 11 is 1.38. The van der Waals surface area contributed by atoms with E-state index in [4.69, 9.17) is 10.2 Å². The van der Waals surface area contributed by atoms with E-state index < -0.39 is 0 Å². The number of aliphatic imine (C=N–C) groups is 1. The van der Waals surface area contributed by atoms with Crippen molar-refractivity contribution in [2.45, 2.75) is 71.9 Å². The van der Waals surface area contributed by atoms with Gasteiger partial charge in [0.1, 0.15) is 5.84 Å². The van der Waals surface area contributed by atoms with Crippen molar-refractivity contribution in [2.75, 3.05) is 18.1 Å². The summed E-state index contributed by atoms with van der Waals surface area (Å²) in [6.45, 7) is 12.8. The molecular weight excluding hydrogens is 428 g/mol. The SMILES string of the molecule is C=Cc1c(NC(=NC)c2cc(CC(C)NC(C)CSN)ccc2CCC)c(CCC)nn1C. The van der Waals surface area contributed by atoms with E-state index >= 15 is 0 Å². The first-order chi connectivity index (χ1) is 15.9. The van der Waals surface area contributed by atoms with Crippen LogP contribution in [-0.2, 0) is 26.3 Å². The summed E-state index contributed by atoms with van der Waals surface area (Å²) in [7, 11) is 3.82. The van der Waals surface area contributed by atoms with Gasteiger partial charge in [-0.15, -0.1) is 0 Å². The van der Waals surface area contributed by atoms with Gasteiger partial charge in [-0.25, -0.2) is 0 Å². The van der Waals surface area contributed by atoms with Crippen LogP contribution in [0.15, 0.2) is 29.8 Å². The molecule has 0 spiro atoms. The van der Waals surface area contributed by atoms with Crippen molar-refractivity contribution >= 4 is 29.5 Å². The van der Waals surface area contributed by atoms with E-state index in [2.05, 4.69) is 68.1 Å². The Labute approximate surface area is 204 Å². The molecule has 2 unspecified atom stereocenters. The second kappa shape index (κ2) is 13.6. The molecule has 0 saturated heterocycles. The molecule has 1 heterocycles. The van der Waals surface area contributed by atoms with Gasteiger partial charge in [0.25, 0.3) is 0 Å². The molecule has 1 aromatic carbocycles. The maximum absolute atomic E-state index is 5.63. The van der Waals surface area contributed by atoms with Gasteiger partial charge in [-0.1, -0.05) is 57.3 Å². The van der Waals surface area contributed by atoms with Crippen LogP contribution in [0.5, 0.6) is 0 Å². The van der Waals surface area contributed by atoms with E-state index in [0.29, 0.717) is 12.1 Å². The molecule has 0 aliphatic heterocycles. The predicted molar refractivity (Wildman–Crippen MR) is 146 cm³/mol. The number of hydrogen-bond acceptors (Lipinski definition) is 5. The lowest BCUT2D eigenvalue weighted by Crippen LogP contribution is -2.37. The molecule has 1 aromatic heterocycles. The third-order valence-electron chi connectivity index (χ3n) is 5.72. The van der Waals surface area contributed by atoms with Gasteiger partial charge in [-0.05, 0) is 56.4 Å². The second-order valence-corrected chi connectivity index (χ2v) is 9.40. The van der Waals surface area contributed by atoms with Gasteiger partial charge in [-0.3, -0.25) is 14.8 Å². The molecule has 0 bridgehead atoms. The number of nitrogens with zero attached hydrogens (tertiary/aromatic N) is 3. The molecule has 0 radical (unpaired) electrons. The standard InChI is InChI=1S/C26H42N6S/c1-8-11-21-14-13-20(15-18(4)29-19(5)17-33-27)16-22(21)26(28-6)30-25-23(12-9-2)31-32(7)24(25)10-3/h10,13-14,16,18-19,29H,3,8-9,11-12,15,17,27H2,1-2,4-7H3,(H,28,30). The Hall–Kier alpha value is -2.09. The lowest BCUT2D eigenvalue weighted by Gasteiger charge is -2.21. The van der Waals surface area contributed by atoms with Crippen LogP contribution in [0.2, 0.25) is 0 Å². The first-order valence-corrected chi connectivity index (χ1v) is 13.0. The molecule has 0 aliphatic carbocycles. The van der Waals surface area contributed by atoms with E-state index in [0.717, 1.165) is 66.3 Å². The number of benzene rings is 1. The molecule has 2 atom stereocenters. The molecule has 6 nitrogen and oxygen atoms in total. The molecule has 0 fully saturated rings. The number of hydrogen-bond donors (Lipinski definition) is 3. The van der Waals surface area contributed by atoms with Crippen molar-refractivity contribution in [3.05, 3.63) is 52.9 Å². The average molecular weight is 471 g/mol. The van der Waals surface area contributed by atoms with Gasteiger partial charge in [0.15, 0.2) is 0 Å². The number of aryl methyl sites for hydroxylation is 3. The Kier molecular flexibility index (Phi) is 11.2. The first-order valence-electron chi connectivity index (χ1n) is 12.0. The minimum atomic E-state index is 0.355. The zero-order valence-corrected chi connectivity index (χ0v) is 22.1. The lowest BCUT2D eigenvalue weighted by molar-refractivity contribution is 0.492. The van der Waals surface area contributed by atoms with E-state index in [1.165, 1.54) is 23.1 Å². The zero-order valence-electron chi connectivity index (χ0n) is 21.2. The Bertz CT molecular complexity index is 933. The largest absolute Gasteiger partial charge is 0.337 e. The molecule has 0 aliphatic rings.